The van der Waals surface area contributed by atoms with Crippen molar-refractivity contribution in [2.75, 3.05) is 11.9 Å². The quantitative estimate of drug-likeness (QED) is 0.351. The number of benzene rings is 2. The van der Waals surface area contributed by atoms with E-state index in [1.165, 1.54) is 4.68 Å². The maximum Gasteiger partial charge on any atom is 0.338 e. The normalized spacial score (nSPS) is 11.7. The van der Waals surface area contributed by atoms with E-state index in [1.54, 1.807) is 38.1 Å². The Labute approximate surface area is 177 Å². The molecule has 1 N–H and O–H groups in total. The zero-order valence-corrected chi connectivity index (χ0v) is 17.6. The minimum Gasteiger partial charge on any atom is -0.538 e. The van der Waals surface area contributed by atoms with Gasteiger partial charge in [-0.2, -0.15) is 0 Å². The van der Waals surface area contributed by atoms with Crippen molar-refractivity contribution in [3.63, 3.8) is 0 Å². The van der Waals surface area contributed by atoms with E-state index in [-0.39, 0.29) is 10.9 Å². The molecular weight excluding hydrogens is 406 g/mol. The molecule has 30 heavy (non-hydrogen) atoms. The number of rotatable bonds is 7. The number of aryl methyl sites for hydroxylation is 1. The molecule has 3 rings (SSSR count). The molecule has 0 aliphatic heterocycles. The molecule has 2 aromatic carbocycles. The summed E-state index contributed by atoms with van der Waals surface area (Å²) in [4.78, 5) is 24.3. The minimum atomic E-state index is -0.612. The monoisotopic (exact) mass is 427 g/mol. The molecule has 9 heteroatoms. The van der Waals surface area contributed by atoms with E-state index in [4.69, 9.17) is 9.26 Å². The van der Waals surface area contributed by atoms with Crippen LogP contribution in [0.4, 0.5) is 5.69 Å². The predicted molar refractivity (Wildman–Crippen MR) is 109 cm³/mol. The predicted octanol–water partition coefficient (Wildman–Crippen LogP) is 2.63. The molecule has 0 aliphatic rings. The van der Waals surface area contributed by atoms with Crippen LogP contribution in [0.1, 0.15) is 29.8 Å². The van der Waals surface area contributed by atoms with Gasteiger partial charge < -0.3 is 19.7 Å². The molecular formula is C21H21N3O5S. The number of anilines is 1. The third-order valence-corrected chi connectivity index (χ3v) is 5.30. The number of carbonyl (C=O) groups excluding carboxylic acids is 2. The van der Waals surface area contributed by atoms with E-state index < -0.39 is 17.2 Å². The van der Waals surface area contributed by atoms with Gasteiger partial charge in [0.1, 0.15) is 0 Å². The Hall–Kier alpha value is -3.33. The zero-order chi connectivity index (χ0) is 21.7. The molecule has 3 aromatic rings. The van der Waals surface area contributed by atoms with Crippen molar-refractivity contribution in [2.24, 2.45) is 0 Å². The molecule has 156 valence electrons. The molecule has 0 bridgehead atoms. The number of esters is 1. The van der Waals surface area contributed by atoms with Crippen molar-refractivity contribution in [3.8, 4) is 11.6 Å². The van der Waals surface area contributed by atoms with Crippen LogP contribution < -0.4 is 15.1 Å². The molecule has 1 heterocycles. The first kappa shape index (κ1) is 21.4. The molecule has 0 aliphatic carbocycles. The number of nitrogens with one attached hydrogen (secondary N) is 1. The van der Waals surface area contributed by atoms with Crippen molar-refractivity contribution in [3.05, 3.63) is 59.7 Å². The van der Waals surface area contributed by atoms with Crippen LogP contribution >= 0.6 is 11.8 Å². The van der Waals surface area contributed by atoms with Crippen LogP contribution in [0.3, 0.4) is 0 Å². The first-order valence-corrected chi connectivity index (χ1v) is 10.2. The largest absolute Gasteiger partial charge is 0.538 e. The van der Waals surface area contributed by atoms with Gasteiger partial charge in [-0.15, -0.1) is 0 Å². The lowest BCUT2D eigenvalue weighted by atomic mass is 10.2. The van der Waals surface area contributed by atoms with Gasteiger partial charge in [-0.3, -0.25) is 4.79 Å². The fraction of sp³-hybridized carbons (Fsp3) is 0.238. The Kier molecular flexibility index (Phi) is 6.73. The van der Waals surface area contributed by atoms with Crippen LogP contribution in [0.15, 0.2) is 58.1 Å². The topological polar surface area (TPSA) is 108 Å². The van der Waals surface area contributed by atoms with Crippen molar-refractivity contribution < 1.29 is 28.6 Å². The molecule has 0 spiro atoms. The van der Waals surface area contributed by atoms with E-state index in [0.717, 1.165) is 17.3 Å². The molecule has 1 aromatic heterocycles. The Morgan fingerprint density at radius 1 is 1.20 bits per heavy atom. The molecule has 0 fully saturated rings. The van der Waals surface area contributed by atoms with Crippen LogP contribution in [-0.4, -0.2) is 29.0 Å². The average molecular weight is 427 g/mol. The first-order chi connectivity index (χ1) is 14.4. The third kappa shape index (κ3) is 4.98. The summed E-state index contributed by atoms with van der Waals surface area (Å²) in [6.07, 6.45) is 0. The van der Waals surface area contributed by atoms with Gasteiger partial charge in [0.25, 0.3) is 5.03 Å². The summed E-state index contributed by atoms with van der Waals surface area (Å²) in [5.74, 6) is -1.34. The van der Waals surface area contributed by atoms with Crippen molar-refractivity contribution in [1.29, 1.82) is 0 Å². The van der Waals surface area contributed by atoms with E-state index in [9.17, 15) is 14.7 Å². The first-order valence-electron chi connectivity index (χ1n) is 9.29. The van der Waals surface area contributed by atoms with Crippen LogP contribution in [0.2, 0.25) is 0 Å². The van der Waals surface area contributed by atoms with Gasteiger partial charge in [-0.25, -0.2) is 4.79 Å². The highest BCUT2D eigenvalue weighted by molar-refractivity contribution is 8.00. The summed E-state index contributed by atoms with van der Waals surface area (Å²) in [6, 6.07) is 13.8. The number of hydrogen-bond acceptors (Lipinski definition) is 7. The molecule has 8 nitrogen and oxygen atoms in total. The highest BCUT2D eigenvalue weighted by Crippen LogP contribution is 2.28. The summed E-state index contributed by atoms with van der Waals surface area (Å²) in [5, 5.41) is 18.3. The van der Waals surface area contributed by atoms with Gasteiger partial charge in [0, 0.05) is 17.8 Å². The molecule has 1 unspecified atom stereocenters. The molecule has 0 saturated carbocycles. The van der Waals surface area contributed by atoms with Gasteiger partial charge in [0.2, 0.25) is 11.6 Å². The third-order valence-electron chi connectivity index (χ3n) is 4.17. The Morgan fingerprint density at radius 2 is 1.87 bits per heavy atom. The summed E-state index contributed by atoms with van der Waals surface area (Å²) >= 11 is 1.05. The summed E-state index contributed by atoms with van der Waals surface area (Å²) < 4.78 is 11.1. The Morgan fingerprint density at radius 3 is 2.50 bits per heavy atom. The summed E-state index contributed by atoms with van der Waals surface area (Å²) in [7, 11) is 0. The zero-order valence-electron chi connectivity index (χ0n) is 16.7. The standard InChI is InChI=1S/C21H21N3O5S/c1-4-28-20(26)15-7-9-16(10-8-15)22-18(25)14(3)30-19-21(27)29-23-24(19)17-11-5-13(2)6-12-17/h5-12,14H,4H2,1-3H3,(H-,22,23,25,26,27). The number of nitrogens with zero attached hydrogens (tertiary/aromatic N) is 2. The lowest BCUT2D eigenvalue weighted by Crippen LogP contribution is -2.36. The maximum atomic E-state index is 12.6. The second-order valence-electron chi connectivity index (χ2n) is 6.46. The number of aromatic nitrogens is 2. The van der Waals surface area contributed by atoms with Crippen molar-refractivity contribution in [2.45, 2.75) is 31.0 Å². The summed E-state index contributed by atoms with van der Waals surface area (Å²) in [5.41, 5.74) is 2.66. The lowest BCUT2D eigenvalue weighted by molar-refractivity contribution is -0.705. The van der Waals surface area contributed by atoms with Crippen LogP contribution in [0.25, 0.3) is 5.69 Å². The van der Waals surface area contributed by atoms with E-state index in [1.807, 2.05) is 31.2 Å². The SMILES string of the molecule is CCOC(=O)c1ccc(NC(=O)C(C)Sc2c([O-])on[n+]2-c2ccc(C)cc2)cc1. The molecule has 0 saturated heterocycles. The van der Waals surface area contributed by atoms with E-state index >= 15 is 0 Å². The van der Waals surface area contributed by atoms with Gasteiger partial charge >= 0.3 is 5.97 Å². The molecule has 0 radical (unpaired) electrons. The van der Waals surface area contributed by atoms with Crippen molar-refractivity contribution >= 4 is 29.3 Å². The number of hydrogen-bond donors (Lipinski definition) is 1. The smallest absolute Gasteiger partial charge is 0.338 e. The highest BCUT2D eigenvalue weighted by Gasteiger charge is 2.26. The number of carbonyl (C=O) groups is 2. The Bertz CT molecular complexity index is 1030. The molecule has 1 amide bonds. The van der Waals surface area contributed by atoms with Crippen LogP contribution in [0.5, 0.6) is 5.95 Å². The lowest BCUT2D eigenvalue weighted by Gasteiger charge is -2.11. The maximum absolute atomic E-state index is 12.6. The fourth-order valence-electron chi connectivity index (χ4n) is 2.56. The second-order valence-corrected chi connectivity index (χ2v) is 7.79. The molecule has 1 atom stereocenters. The number of amides is 1. The minimum absolute atomic E-state index is 0.208. The highest BCUT2D eigenvalue weighted by atomic mass is 32.2. The average Bonchev–Trinajstić information content (AvgIpc) is 3.09. The second kappa shape index (κ2) is 9.45. The van der Waals surface area contributed by atoms with Crippen molar-refractivity contribution in [1.82, 2.24) is 5.27 Å². The summed E-state index contributed by atoms with van der Waals surface area (Å²) in [6.45, 7) is 5.66. The number of ether oxygens (including phenoxy) is 1. The van der Waals surface area contributed by atoms with Crippen LogP contribution in [-0.2, 0) is 9.53 Å². The van der Waals surface area contributed by atoms with E-state index in [2.05, 4.69) is 10.6 Å². The Balaban J connectivity index is 1.68. The fourth-order valence-corrected chi connectivity index (χ4v) is 3.43. The van der Waals surface area contributed by atoms with Gasteiger partial charge in [-0.1, -0.05) is 17.7 Å². The van der Waals surface area contributed by atoms with Gasteiger partial charge in [0.15, 0.2) is 5.95 Å². The van der Waals surface area contributed by atoms with Gasteiger partial charge in [-0.05, 0) is 61.5 Å². The van der Waals surface area contributed by atoms with Crippen LogP contribution in [0, 0.1) is 6.92 Å². The number of thioether (sulfide) groups is 1. The van der Waals surface area contributed by atoms with Gasteiger partial charge in [0.05, 0.1) is 22.7 Å². The van der Waals surface area contributed by atoms with E-state index in [0.29, 0.717) is 23.5 Å².